The zero-order valence-electron chi connectivity index (χ0n) is 19.9. The quantitative estimate of drug-likeness (QED) is 0.525. The first-order valence-corrected chi connectivity index (χ1v) is 12.4. The van der Waals surface area contributed by atoms with Crippen LogP contribution in [0, 0.1) is 5.92 Å². The Morgan fingerprint density at radius 1 is 1.11 bits per heavy atom. The van der Waals surface area contributed by atoms with Crippen LogP contribution < -0.4 is 4.74 Å². The van der Waals surface area contributed by atoms with E-state index in [1.54, 1.807) is 12.3 Å². The Morgan fingerprint density at radius 3 is 2.94 bits per heavy atom. The average Bonchev–Trinajstić information content (AvgIpc) is 3.15. The SMILES string of the molecule is O=C1CCCN1CCOc1cccc(C(=O)N2CCOC[C@H](Cc3ccc4ccncc4c3)C2)c1. The molecule has 0 radical (unpaired) electrons. The molecule has 182 valence electrons. The molecule has 2 aliphatic heterocycles. The molecule has 2 aliphatic rings. The van der Waals surface area contributed by atoms with Gasteiger partial charge in [-0.15, -0.1) is 0 Å². The summed E-state index contributed by atoms with van der Waals surface area (Å²) >= 11 is 0. The molecule has 0 aliphatic carbocycles. The molecular weight excluding hydrogens is 442 g/mol. The minimum absolute atomic E-state index is 0.0108. The molecule has 2 fully saturated rings. The fraction of sp³-hybridized carbons (Fsp3) is 0.393. The summed E-state index contributed by atoms with van der Waals surface area (Å²) in [6.07, 6.45) is 6.08. The van der Waals surface area contributed by atoms with Crippen molar-refractivity contribution in [3.8, 4) is 5.75 Å². The van der Waals surface area contributed by atoms with Gasteiger partial charge in [-0.05, 0) is 54.1 Å². The summed E-state index contributed by atoms with van der Waals surface area (Å²) in [6, 6.07) is 15.8. The number of rotatable bonds is 7. The van der Waals surface area contributed by atoms with Gasteiger partial charge in [0.25, 0.3) is 5.91 Å². The molecule has 35 heavy (non-hydrogen) atoms. The summed E-state index contributed by atoms with van der Waals surface area (Å²) in [5.74, 6) is 1.04. The summed E-state index contributed by atoms with van der Waals surface area (Å²) in [5, 5.41) is 2.30. The molecule has 5 rings (SSSR count). The Labute approximate surface area is 205 Å². The van der Waals surface area contributed by atoms with Gasteiger partial charge in [-0.3, -0.25) is 14.6 Å². The molecule has 3 heterocycles. The second-order valence-electron chi connectivity index (χ2n) is 9.31. The van der Waals surface area contributed by atoms with Crippen LogP contribution in [0.1, 0.15) is 28.8 Å². The van der Waals surface area contributed by atoms with Crippen molar-refractivity contribution < 1.29 is 19.1 Å². The van der Waals surface area contributed by atoms with E-state index in [0.717, 1.165) is 24.8 Å². The van der Waals surface area contributed by atoms with Crippen molar-refractivity contribution in [1.29, 1.82) is 0 Å². The highest BCUT2D eigenvalue weighted by molar-refractivity contribution is 5.94. The van der Waals surface area contributed by atoms with Gasteiger partial charge in [-0.25, -0.2) is 0 Å². The van der Waals surface area contributed by atoms with Gasteiger partial charge in [-0.2, -0.15) is 0 Å². The third kappa shape index (κ3) is 5.80. The van der Waals surface area contributed by atoms with E-state index in [4.69, 9.17) is 9.47 Å². The van der Waals surface area contributed by atoms with Crippen molar-refractivity contribution in [3.63, 3.8) is 0 Å². The number of hydrogen-bond donors (Lipinski definition) is 0. The van der Waals surface area contributed by atoms with Gasteiger partial charge in [-0.1, -0.05) is 18.2 Å². The Hall–Kier alpha value is -3.45. The molecule has 2 saturated heterocycles. The van der Waals surface area contributed by atoms with Crippen molar-refractivity contribution in [3.05, 3.63) is 72.1 Å². The van der Waals surface area contributed by atoms with E-state index < -0.39 is 0 Å². The van der Waals surface area contributed by atoms with E-state index in [2.05, 4.69) is 23.2 Å². The largest absolute Gasteiger partial charge is 0.492 e. The summed E-state index contributed by atoms with van der Waals surface area (Å²) in [4.78, 5) is 33.1. The van der Waals surface area contributed by atoms with E-state index in [1.807, 2.05) is 40.3 Å². The number of hydrogen-bond acceptors (Lipinski definition) is 5. The first kappa shape index (κ1) is 23.3. The van der Waals surface area contributed by atoms with Gasteiger partial charge in [0.1, 0.15) is 12.4 Å². The second-order valence-corrected chi connectivity index (χ2v) is 9.31. The highest BCUT2D eigenvalue weighted by Gasteiger charge is 2.24. The Kier molecular flexibility index (Phi) is 7.23. The zero-order chi connectivity index (χ0) is 24.0. The van der Waals surface area contributed by atoms with Gasteiger partial charge >= 0.3 is 0 Å². The van der Waals surface area contributed by atoms with Crippen LogP contribution in [0.25, 0.3) is 10.8 Å². The second kappa shape index (κ2) is 10.9. The number of ether oxygens (including phenoxy) is 2. The first-order valence-electron chi connectivity index (χ1n) is 12.4. The number of benzene rings is 2. The van der Waals surface area contributed by atoms with Crippen molar-refractivity contribution in [2.24, 2.45) is 5.92 Å². The number of nitrogens with zero attached hydrogens (tertiary/aromatic N) is 3. The van der Waals surface area contributed by atoms with Crippen molar-refractivity contribution in [1.82, 2.24) is 14.8 Å². The number of likely N-dealkylation sites (tertiary alicyclic amines) is 1. The van der Waals surface area contributed by atoms with Crippen LogP contribution in [0.3, 0.4) is 0 Å². The van der Waals surface area contributed by atoms with Crippen LogP contribution in [0.5, 0.6) is 5.75 Å². The first-order chi connectivity index (χ1) is 17.2. The molecule has 0 N–H and O–H groups in total. The summed E-state index contributed by atoms with van der Waals surface area (Å²) in [7, 11) is 0. The smallest absolute Gasteiger partial charge is 0.254 e. The highest BCUT2D eigenvalue weighted by Crippen LogP contribution is 2.21. The van der Waals surface area contributed by atoms with Crippen molar-refractivity contribution >= 4 is 22.6 Å². The number of aromatic nitrogens is 1. The van der Waals surface area contributed by atoms with Gasteiger partial charge in [0.2, 0.25) is 5.91 Å². The monoisotopic (exact) mass is 473 g/mol. The molecule has 2 aromatic carbocycles. The molecule has 7 heteroatoms. The lowest BCUT2D eigenvalue weighted by Gasteiger charge is -2.24. The Morgan fingerprint density at radius 2 is 2.06 bits per heavy atom. The summed E-state index contributed by atoms with van der Waals surface area (Å²) in [5.41, 5.74) is 1.83. The van der Waals surface area contributed by atoms with Crippen LogP contribution in [0.4, 0.5) is 0 Å². The van der Waals surface area contributed by atoms with Gasteiger partial charge in [0, 0.05) is 55.3 Å². The minimum atomic E-state index is -0.0108. The molecule has 1 aromatic heterocycles. The molecule has 3 aromatic rings. The van der Waals surface area contributed by atoms with Gasteiger partial charge in [0.05, 0.1) is 19.8 Å². The van der Waals surface area contributed by atoms with Crippen LogP contribution in [-0.4, -0.2) is 72.6 Å². The Bertz CT molecular complexity index is 1200. The maximum Gasteiger partial charge on any atom is 0.254 e. The lowest BCUT2D eigenvalue weighted by atomic mass is 9.97. The molecule has 2 amide bonds. The maximum atomic E-state index is 13.4. The molecular formula is C28H31N3O4. The third-order valence-corrected chi connectivity index (χ3v) is 6.74. The van der Waals surface area contributed by atoms with E-state index in [9.17, 15) is 9.59 Å². The van der Waals surface area contributed by atoms with Gasteiger partial charge in [0.15, 0.2) is 0 Å². The number of amides is 2. The molecule has 0 spiro atoms. The van der Waals surface area contributed by atoms with Crippen molar-refractivity contribution in [2.75, 3.05) is 46.0 Å². The van der Waals surface area contributed by atoms with Gasteiger partial charge < -0.3 is 19.3 Å². The number of carbonyl (C=O) groups excluding carboxylic acids is 2. The van der Waals surface area contributed by atoms with Crippen LogP contribution in [-0.2, 0) is 16.0 Å². The normalized spacial score (nSPS) is 18.6. The average molecular weight is 474 g/mol. The molecule has 1 atom stereocenters. The predicted molar refractivity (Wildman–Crippen MR) is 133 cm³/mol. The Balaban J connectivity index is 1.21. The van der Waals surface area contributed by atoms with E-state index in [-0.39, 0.29) is 17.7 Å². The lowest BCUT2D eigenvalue weighted by Crippen LogP contribution is -2.36. The lowest BCUT2D eigenvalue weighted by molar-refractivity contribution is -0.128. The minimum Gasteiger partial charge on any atom is -0.492 e. The van der Waals surface area contributed by atoms with Crippen LogP contribution in [0.15, 0.2) is 60.9 Å². The fourth-order valence-corrected chi connectivity index (χ4v) is 4.90. The maximum absolute atomic E-state index is 13.4. The third-order valence-electron chi connectivity index (χ3n) is 6.74. The van der Waals surface area contributed by atoms with E-state index in [1.165, 1.54) is 10.9 Å². The molecule has 0 unspecified atom stereocenters. The number of carbonyl (C=O) groups is 2. The van der Waals surface area contributed by atoms with E-state index >= 15 is 0 Å². The number of pyridine rings is 1. The predicted octanol–water partition coefficient (Wildman–Crippen LogP) is 3.57. The molecule has 0 saturated carbocycles. The van der Waals surface area contributed by atoms with Crippen LogP contribution >= 0.6 is 0 Å². The number of fused-ring (bicyclic) bond motifs is 1. The molecule has 7 nitrogen and oxygen atoms in total. The highest BCUT2D eigenvalue weighted by atomic mass is 16.5. The van der Waals surface area contributed by atoms with Crippen LogP contribution in [0.2, 0.25) is 0 Å². The topological polar surface area (TPSA) is 72.0 Å². The molecule has 0 bridgehead atoms. The van der Waals surface area contributed by atoms with E-state index in [0.29, 0.717) is 57.2 Å². The zero-order valence-corrected chi connectivity index (χ0v) is 19.9. The van der Waals surface area contributed by atoms with Crippen molar-refractivity contribution in [2.45, 2.75) is 19.3 Å². The standard InChI is InChI=1S/C28H31N3O4/c32-27-5-2-10-30(27)12-14-35-26-4-1-3-24(17-26)28(33)31-11-13-34-20-22(19-31)15-21-6-7-23-8-9-29-18-25(23)16-21/h1,3-4,6-9,16-18,22H,2,5,10-15,19-20H2/t22-/m1/s1. The summed E-state index contributed by atoms with van der Waals surface area (Å²) < 4.78 is 11.7. The summed E-state index contributed by atoms with van der Waals surface area (Å²) in [6.45, 7) is 4.18. The fourth-order valence-electron chi connectivity index (χ4n) is 4.90.